The number of fused-ring (bicyclic) bond motifs is 1. The Hall–Kier alpha value is -1.98. The topological polar surface area (TPSA) is 80.8 Å². The molecular weight excluding hydrogens is 184 g/mol. The number of esters is 1. The van der Waals surface area contributed by atoms with E-state index in [0.717, 1.165) is 0 Å². The molecule has 1 N–H and O–H groups in total. The highest BCUT2D eigenvalue weighted by Crippen LogP contribution is 2.12. The first kappa shape index (κ1) is 8.61. The molecular formula is C8H8N4O2. The number of methoxy groups -OCH3 is 1. The molecule has 2 aromatic heterocycles. The third-order valence-electron chi connectivity index (χ3n) is 1.82. The van der Waals surface area contributed by atoms with Gasteiger partial charge in [-0.25, -0.2) is 14.8 Å². The molecule has 0 spiro atoms. The Balaban J connectivity index is 2.64. The van der Waals surface area contributed by atoms with Crippen LogP contribution in [0, 0.1) is 6.92 Å². The lowest BCUT2D eigenvalue weighted by molar-refractivity contribution is 0.0596. The van der Waals surface area contributed by atoms with Crippen LogP contribution in [0.5, 0.6) is 0 Å². The van der Waals surface area contributed by atoms with E-state index in [0.29, 0.717) is 16.9 Å². The number of hydrogen-bond acceptors (Lipinski definition) is 5. The van der Waals surface area contributed by atoms with Gasteiger partial charge in [-0.1, -0.05) is 0 Å². The lowest BCUT2D eigenvalue weighted by Crippen LogP contribution is -2.02. The summed E-state index contributed by atoms with van der Waals surface area (Å²) in [6.45, 7) is 1.76. The van der Waals surface area contributed by atoms with Crippen LogP contribution in [0.15, 0.2) is 6.20 Å². The van der Waals surface area contributed by atoms with Gasteiger partial charge >= 0.3 is 5.97 Å². The number of nitrogens with one attached hydrogen (secondary N) is 1. The van der Waals surface area contributed by atoms with E-state index in [2.05, 4.69) is 24.9 Å². The Morgan fingerprint density at radius 2 is 2.36 bits per heavy atom. The van der Waals surface area contributed by atoms with Crippen molar-refractivity contribution in [3.63, 3.8) is 0 Å². The summed E-state index contributed by atoms with van der Waals surface area (Å²) in [6, 6.07) is 0. The zero-order valence-electron chi connectivity index (χ0n) is 7.74. The molecule has 0 radical (unpaired) electrons. The number of carbonyl (C=O) groups is 1. The van der Waals surface area contributed by atoms with Crippen molar-refractivity contribution in [2.45, 2.75) is 6.92 Å². The summed E-state index contributed by atoms with van der Waals surface area (Å²) in [4.78, 5) is 19.3. The van der Waals surface area contributed by atoms with E-state index >= 15 is 0 Å². The average Bonchev–Trinajstić information content (AvgIpc) is 2.59. The standard InChI is InChI=1S/C8H8N4O2/c1-4-9-3-5-6(8(13)14-2)11-12-7(5)10-4/h3H,1-2H3,(H,9,10,11,12). The van der Waals surface area contributed by atoms with Crippen LogP contribution in [0.3, 0.4) is 0 Å². The lowest BCUT2D eigenvalue weighted by Gasteiger charge is -1.94. The van der Waals surface area contributed by atoms with Crippen molar-refractivity contribution >= 4 is 17.0 Å². The summed E-state index contributed by atoms with van der Waals surface area (Å²) in [6.07, 6.45) is 1.55. The van der Waals surface area contributed by atoms with Gasteiger partial charge in [0.15, 0.2) is 11.3 Å². The van der Waals surface area contributed by atoms with E-state index in [1.807, 2.05) is 0 Å². The fraction of sp³-hybridized carbons (Fsp3) is 0.250. The molecule has 2 aromatic rings. The van der Waals surface area contributed by atoms with E-state index in [1.165, 1.54) is 7.11 Å². The summed E-state index contributed by atoms with van der Waals surface area (Å²) in [7, 11) is 1.31. The SMILES string of the molecule is COC(=O)c1[nH]nc2nc(C)ncc12. The average molecular weight is 192 g/mol. The number of nitrogens with zero attached hydrogens (tertiary/aromatic N) is 3. The Bertz CT molecular complexity index is 491. The monoisotopic (exact) mass is 192 g/mol. The van der Waals surface area contributed by atoms with Gasteiger partial charge in [0.05, 0.1) is 12.5 Å². The number of H-pyrrole nitrogens is 1. The third-order valence-corrected chi connectivity index (χ3v) is 1.82. The summed E-state index contributed by atoms with van der Waals surface area (Å²) < 4.78 is 4.57. The van der Waals surface area contributed by atoms with Gasteiger partial charge in [-0.3, -0.25) is 5.10 Å². The van der Waals surface area contributed by atoms with Gasteiger partial charge in [0.25, 0.3) is 0 Å². The highest BCUT2D eigenvalue weighted by Gasteiger charge is 2.14. The molecule has 0 aliphatic rings. The summed E-state index contributed by atoms with van der Waals surface area (Å²) in [5, 5.41) is 7.01. The van der Waals surface area contributed by atoms with Gasteiger partial charge in [0.2, 0.25) is 0 Å². The lowest BCUT2D eigenvalue weighted by atomic mass is 10.3. The minimum absolute atomic E-state index is 0.280. The molecule has 6 heteroatoms. The van der Waals surface area contributed by atoms with Gasteiger partial charge < -0.3 is 4.74 Å². The van der Waals surface area contributed by atoms with Crippen LogP contribution < -0.4 is 0 Å². The summed E-state index contributed by atoms with van der Waals surface area (Å²) in [5.41, 5.74) is 0.750. The second kappa shape index (κ2) is 3.06. The maximum atomic E-state index is 11.2. The van der Waals surface area contributed by atoms with Crippen LogP contribution >= 0.6 is 0 Å². The molecule has 2 rings (SSSR count). The minimum atomic E-state index is -0.472. The van der Waals surface area contributed by atoms with E-state index in [4.69, 9.17) is 0 Å². The Kier molecular flexibility index (Phi) is 1.88. The molecule has 6 nitrogen and oxygen atoms in total. The fourth-order valence-electron chi connectivity index (χ4n) is 1.15. The van der Waals surface area contributed by atoms with Gasteiger partial charge in [-0.15, -0.1) is 0 Å². The van der Waals surface area contributed by atoms with Crippen LogP contribution in [0.4, 0.5) is 0 Å². The zero-order chi connectivity index (χ0) is 10.1. The molecule has 0 aromatic carbocycles. The Morgan fingerprint density at radius 3 is 3.07 bits per heavy atom. The van der Waals surface area contributed by atoms with Crippen molar-refractivity contribution in [2.75, 3.05) is 7.11 Å². The molecule has 0 amide bonds. The predicted octanol–water partition coefficient (Wildman–Crippen LogP) is 0.448. The molecule has 0 unspecified atom stereocenters. The summed E-state index contributed by atoms with van der Waals surface area (Å²) >= 11 is 0. The second-order valence-corrected chi connectivity index (χ2v) is 2.74. The largest absolute Gasteiger partial charge is 0.464 e. The first-order chi connectivity index (χ1) is 6.72. The van der Waals surface area contributed by atoms with Crippen molar-refractivity contribution in [3.8, 4) is 0 Å². The van der Waals surface area contributed by atoms with Crippen molar-refractivity contribution < 1.29 is 9.53 Å². The minimum Gasteiger partial charge on any atom is -0.464 e. The molecule has 0 atom stereocenters. The van der Waals surface area contributed by atoms with Crippen molar-refractivity contribution in [2.24, 2.45) is 0 Å². The van der Waals surface area contributed by atoms with Crippen LogP contribution in [0.2, 0.25) is 0 Å². The van der Waals surface area contributed by atoms with Crippen molar-refractivity contribution in [1.82, 2.24) is 20.2 Å². The van der Waals surface area contributed by atoms with E-state index in [-0.39, 0.29) is 5.69 Å². The molecule has 0 aliphatic carbocycles. The van der Waals surface area contributed by atoms with E-state index in [9.17, 15) is 4.79 Å². The summed E-state index contributed by atoms with van der Waals surface area (Å²) in [5.74, 6) is 0.139. The van der Waals surface area contributed by atoms with Crippen LogP contribution in [0.1, 0.15) is 16.3 Å². The second-order valence-electron chi connectivity index (χ2n) is 2.74. The van der Waals surface area contributed by atoms with Crippen LogP contribution in [-0.2, 0) is 4.74 Å². The van der Waals surface area contributed by atoms with Gasteiger partial charge in [0.1, 0.15) is 5.82 Å². The zero-order valence-corrected chi connectivity index (χ0v) is 7.74. The maximum absolute atomic E-state index is 11.2. The molecule has 0 fully saturated rings. The highest BCUT2D eigenvalue weighted by atomic mass is 16.5. The number of ether oxygens (including phenoxy) is 1. The van der Waals surface area contributed by atoms with Gasteiger partial charge in [0, 0.05) is 6.20 Å². The molecule has 2 heterocycles. The number of aromatic nitrogens is 4. The highest BCUT2D eigenvalue weighted by molar-refractivity contribution is 6.00. The van der Waals surface area contributed by atoms with Gasteiger partial charge in [-0.2, -0.15) is 5.10 Å². The first-order valence-electron chi connectivity index (χ1n) is 3.98. The van der Waals surface area contributed by atoms with Crippen molar-refractivity contribution in [1.29, 1.82) is 0 Å². The third kappa shape index (κ3) is 1.20. The predicted molar refractivity (Wildman–Crippen MR) is 47.8 cm³/mol. The fourth-order valence-corrected chi connectivity index (χ4v) is 1.15. The van der Waals surface area contributed by atoms with E-state index in [1.54, 1.807) is 13.1 Å². The number of rotatable bonds is 1. The quantitative estimate of drug-likeness (QED) is 0.663. The maximum Gasteiger partial charge on any atom is 0.356 e. The smallest absolute Gasteiger partial charge is 0.356 e. The molecule has 0 bridgehead atoms. The molecule has 72 valence electrons. The molecule has 0 aliphatic heterocycles. The van der Waals surface area contributed by atoms with Crippen molar-refractivity contribution in [3.05, 3.63) is 17.7 Å². The Morgan fingerprint density at radius 1 is 1.57 bits per heavy atom. The van der Waals surface area contributed by atoms with Crippen LogP contribution in [0.25, 0.3) is 11.0 Å². The number of aromatic amines is 1. The van der Waals surface area contributed by atoms with E-state index < -0.39 is 5.97 Å². The molecule has 0 saturated heterocycles. The molecule has 0 saturated carbocycles. The van der Waals surface area contributed by atoms with Gasteiger partial charge in [-0.05, 0) is 6.92 Å². The Labute approximate surface area is 79.3 Å². The number of carbonyl (C=O) groups excluding carboxylic acids is 1. The first-order valence-corrected chi connectivity index (χ1v) is 3.98. The number of hydrogen-bond donors (Lipinski definition) is 1. The number of aryl methyl sites for hydroxylation is 1. The van der Waals surface area contributed by atoms with Crippen LogP contribution in [-0.4, -0.2) is 33.2 Å². The normalized spacial score (nSPS) is 10.4. The molecule has 14 heavy (non-hydrogen) atoms.